The lowest BCUT2D eigenvalue weighted by Crippen LogP contribution is -2.31. The molecule has 45 heavy (non-hydrogen) atoms. The lowest BCUT2D eigenvalue weighted by atomic mass is 10.1. The topological polar surface area (TPSA) is 246 Å². The Hall–Kier alpha value is -1.34. The number of hydrogen-bond acceptors (Lipinski definition) is 14. The van der Waals surface area contributed by atoms with Gasteiger partial charge in [0.15, 0.2) is 23.2 Å². The molecule has 3 unspecified atom stereocenters. The van der Waals surface area contributed by atoms with E-state index in [1.54, 1.807) is 7.11 Å². The number of aliphatic hydroxyl groups is 2. The molecule has 1 fully saturated rings. The van der Waals surface area contributed by atoms with Gasteiger partial charge in [0.25, 0.3) is 0 Å². The van der Waals surface area contributed by atoms with Gasteiger partial charge in [-0.1, -0.05) is 0 Å². The molecule has 0 bridgehead atoms. The van der Waals surface area contributed by atoms with Gasteiger partial charge in [0.05, 0.1) is 71.9 Å². The van der Waals surface area contributed by atoms with E-state index in [9.17, 15) is 24.2 Å². The Morgan fingerprint density at radius 3 is 2.13 bits per heavy atom. The SMILES string of the molecule is COCCOCCOCCOCCOCCNc1nc(Cl)nc2c1ncn2[C@@H]1O[C@H](CCCP(=O)(O)CP(=O)(O)O)C(O)C1O. The molecule has 18 nitrogen and oxygen atoms in total. The molecule has 0 aliphatic carbocycles. The number of imidazole rings is 1. The highest BCUT2D eigenvalue weighted by molar-refractivity contribution is 7.72. The minimum Gasteiger partial charge on any atom is -0.388 e. The Morgan fingerprint density at radius 1 is 0.933 bits per heavy atom. The normalized spacial score (nSPS) is 21.8. The molecule has 2 aromatic rings. The summed E-state index contributed by atoms with van der Waals surface area (Å²) in [5.74, 6) is -0.804. The molecular formula is C24H42ClN5O13P2. The number of fused-ring (bicyclic) bond motifs is 1. The molecule has 0 saturated carbocycles. The van der Waals surface area contributed by atoms with Crippen molar-refractivity contribution in [3.05, 3.63) is 11.6 Å². The van der Waals surface area contributed by atoms with Crippen LogP contribution in [0.3, 0.4) is 0 Å². The first-order valence-electron chi connectivity index (χ1n) is 14.2. The molecule has 21 heteroatoms. The lowest BCUT2D eigenvalue weighted by molar-refractivity contribution is -0.0370. The molecule has 3 rings (SSSR count). The summed E-state index contributed by atoms with van der Waals surface area (Å²) in [6.07, 6.45) is -3.71. The van der Waals surface area contributed by atoms with Crippen LogP contribution in [0, 0.1) is 0 Å². The number of hydrogen-bond donors (Lipinski definition) is 6. The van der Waals surface area contributed by atoms with Gasteiger partial charge in [0.2, 0.25) is 12.7 Å². The summed E-state index contributed by atoms with van der Waals surface area (Å²) in [4.78, 5) is 40.5. The average Bonchev–Trinajstić information content (AvgIpc) is 3.49. The van der Waals surface area contributed by atoms with E-state index in [1.165, 1.54) is 10.9 Å². The number of nitrogens with zero attached hydrogens (tertiary/aromatic N) is 4. The summed E-state index contributed by atoms with van der Waals surface area (Å²) in [6, 6.07) is 0. The Labute approximate surface area is 264 Å². The van der Waals surface area contributed by atoms with Gasteiger partial charge in [0, 0.05) is 19.8 Å². The fraction of sp³-hybridized carbons (Fsp3) is 0.792. The first-order valence-corrected chi connectivity index (χ1v) is 18.4. The summed E-state index contributed by atoms with van der Waals surface area (Å²) in [7, 11) is -7.13. The number of ether oxygens (including phenoxy) is 6. The van der Waals surface area contributed by atoms with Gasteiger partial charge in [-0.15, -0.1) is 0 Å². The second kappa shape index (κ2) is 18.9. The van der Waals surface area contributed by atoms with Crippen LogP contribution >= 0.6 is 26.6 Å². The predicted molar refractivity (Wildman–Crippen MR) is 161 cm³/mol. The van der Waals surface area contributed by atoms with Gasteiger partial charge in [-0.3, -0.25) is 13.7 Å². The van der Waals surface area contributed by atoms with Crippen molar-refractivity contribution < 1.29 is 62.4 Å². The highest BCUT2D eigenvalue weighted by atomic mass is 35.5. The minimum absolute atomic E-state index is 0.0240. The highest BCUT2D eigenvalue weighted by Crippen LogP contribution is 2.55. The molecule has 2 aromatic heterocycles. The van der Waals surface area contributed by atoms with Crippen molar-refractivity contribution in [2.45, 2.75) is 37.4 Å². The molecule has 0 aromatic carbocycles. The highest BCUT2D eigenvalue weighted by Gasteiger charge is 2.44. The Balaban J connectivity index is 1.41. The van der Waals surface area contributed by atoms with Crippen molar-refractivity contribution in [2.75, 3.05) is 90.5 Å². The zero-order valence-electron chi connectivity index (χ0n) is 24.8. The van der Waals surface area contributed by atoms with E-state index in [4.69, 9.17) is 49.8 Å². The van der Waals surface area contributed by atoms with Crippen molar-refractivity contribution in [1.82, 2.24) is 19.5 Å². The monoisotopic (exact) mass is 705 g/mol. The number of aliphatic hydroxyl groups excluding tert-OH is 2. The van der Waals surface area contributed by atoms with E-state index < -0.39 is 45.4 Å². The lowest BCUT2D eigenvalue weighted by Gasteiger charge is -2.17. The standard InChI is InChI=1S/C24H42ClN5O13P2/c1-38-6-7-40-10-11-42-13-12-41-9-8-39-5-4-26-21-18-22(29-24(25)28-21)30(15-27-18)23-20(32)19(31)17(43-23)3-2-14-44(33,34)16-45(35,36)37/h15,17,19-20,23,31-32H,2-14,16H2,1H3,(H,33,34)(H,26,28,29)(H2,35,36,37)/t17-,19?,20?,23-/m1/s1. The van der Waals surface area contributed by atoms with Gasteiger partial charge in [-0.2, -0.15) is 9.97 Å². The smallest absolute Gasteiger partial charge is 0.335 e. The predicted octanol–water partition coefficient (Wildman–Crippen LogP) is 0.409. The van der Waals surface area contributed by atoms with Gasteiger partial charge < -0.3 is 58.6 Å². The third-order valence-corrected chi connectivity index (χ3v) is 10.9. The molecule has 1 saturated heterocycles. The molecular weight excluding hydrogens is 664 g/mol. The number of aromatic nitrogens is 4. The van der Waals surface area contributed by atoms with Crippen LogP contribution in [-0.2, 0) is 37.6 Å². The molecule has 258 valence electrons. The van der Waals surface area contributed by atoms with Gasteiger partial charge in [0.1, 0.15) is 18.1 Å². The van der Waals surface area contributed by atoms with Crippen molar-refractivity contribution >= 4 is 43.5 Å². The molecule has 0 spiro atoms. The van der Waals surface area contributed by atoms with Crippen molar-refractivity contribution in [3.63, 3.8) is 0 Å². The molecule has 6 N–H and O–H groups in total. The maximum absolute atomic E-state index is 12.1. The van der Waals surface area contributed by atoms with Crippen LogP contribution in [0.15, 0.2) is 6.33 Å². The van der Waals surface area contributed by atoms with Crippen molar-refractivity contribution in [2.24, 2.45) is 0 Å². The van der Waals surface area contributed by atoms with Crippen LogP contribution in [0.4, 0.5) is 5.82 Å². The number of rotatable bonds is 23. The second-order valence-corrected chi connectivity index (χ2v) is 15.0. The van der Waals surface area contributed by atoms with Crippen molar-refractivity contribution in [1.29, 1.82) is 0 Å². The molecule has 0 amide bonds. The Morgan fingerprint density at radius 2 is 1.53 bits per heavy atom. The number of halogens is 1. The quantitative estimate of drug-likeness (QED) is 0.0520. The third-order valence-electron chi connectivity index (χ3n) is 6.49. The van der Waals surface area contributed by atoms with E-state index in [1.807, 2.05) is 0 Å². The molecule has 5 atom stereocenters. The van der Waals surface area contributed by atoms with Gasteiger partial charge in [-0.05, 0) is 24.4 Å². The molecule has 0 radical (unpaired) electrons. The fourth-order valence-electron chi connectivity index (χ4n) is 4.44. The maximum Gasteiger partial charge on any atom is 0.335 e. The molecule has 1 aliphatic rings. The minimum atomic E-state index is -4.67. The van der Waals surface area contributed by atoms with Crippen LogP contribution in [0.25, 0.3) is 11.2 Å². The van der Waals surface area contributed by atoms with Crippen LogP contribution in [0.5, 0.6) is 0 Å². The Kier molecular flexibility index (Phi) is 16.0. The van der Waals surface area contributed by atoms with E-state index >= 15 is 0 Å². The maximum atomic E-state index is 12.1. The summed E-state index contributed by atoms with van der Waals surface area (Å²) >= 11 is 6.15. The van der Waals surface area contributed by atoms with Crippen LogP contribution in [0.2, 0.25) is 5.28 Å². The fourth-order valence-corrected chi connectivity index (χ4v) is 8.15. The zero-order chi connectivity index (χ0) is 32.9. The van der Waals surface area contributed by atoms with E-state index in [0.29, 0.717) is 77.3 Å². The number of methoxy groups -OCH3 is 1. The van der Waals surface area contributed by atoms with E-state index in [2.05, 4.69) is 20.3 Å². The summed E-state index contributed by atoms with van der Waals surface area (Å²) in [6.45, 7) is 4.39. The zero-order valence-corrected chi connectivity index (χ0v) is 27.4. The van der Waals surface area contributed by atoms with Crippen LogP contribution < -0.4 is 5.32 Å². The summed E-state index contributed by atoms with van der Waals surface area (Å²) in [5.41, 5.74) is 0.563. The average molecular weight is 706 g/mol. The van der Waals surface area contributed by atoms with Crippen LogP contribution in [-0.4, -0.2) is 148 Å². The third kappa shape index (κ3) is 13.0. The molecule has 1 aliphatic heterocycles. The second-order valence-electron chi connectivity index (χ2n) is 10.1. The first-order chi connectivity index (χ1) is 21.4. The molecule has 3 heterocycles. The van der Waals surface area contributed by atoms with E-state index in [0.717, 1.165) is 0 Å². The van der Waals surface area contributed by atoms with Crippen LogP contribution in [0.1, 0.15) is 19.1 Å². The van der Waals surface area contributed by atoms with E-state index in [-0.39, 0.29) is 29.9 Å². The first kappa shape index (κ1) is 38.1. The van der Waals surface area contributed by atoms with Gasteiger partial charge in [-0.25, -0.2) is 4.98 Å². The summed E-state index contributed by atoms with van der Waals surface area (Å²) < 4.78 is 57.0. The summed E-state index contributed by atoms with van der Waals surface area (Å²) in [5, 5.41) is 24.2. The van der Waals surface area contributed by atoms with Gasteiger partial charge >= 0.3 is 7.60 Å². The number of nitrogens with one attached hydrogen (secondary N) is 1. The Bertz CT molecular complexity index is 1270. The largest absolute Gasteiger partial charge is 0.388 e. The van der Waals surface area contributed by atoms with Crippen molar-refractivity contribution in [3.8, 4) is 0 Å². The number of anilines is 1.